The molecule has 0 bridgehead atoms. The van der Waals surface area contributed by atoms with Gasteiger partial charge in [0, 0.05) is 16.7 Å². The molecular formula is C20H31NOS. The summed E-state index contributed by atoms with van der Waals surface area (Å²) in [5.41, 5.74) is 0. The quantitative estimate of drug-likeness (QED) is 0.341. The third-order valence-corrected chi connectivity index (χ3v) is 7.30. The van der Waals surface area contributed by atoms with Gasteiger partial charge in [0.1, 0.15) is 0 Å². The Labute approximate surface area is 142 Å². The summed E-state index contributed by atoms with van der Waals surface area (Å²) in [5.74, 6) is 0. The van der Waals surface area contributed by atoms with Crippen molar-refractivity contribution in [2.75, 3.05) is 6.54 Å². The van der Waals surface area contributed by atoms with Crippen LogP contribution in [0.25, 0.3) is 0 Å². The van der Waals surface area contributed by atoms with E-state index in [0.29, 0.717) is 5.25 Å². The van der Waals surface area contributed by atoms with Gasteiger partial charge >= 0.3 is 0 Å². The summed E-state index contributed by atoms with van der Waals surface area (Å²) in [4.78, 5) is 0.935. The molecule has 1 aliphatic rings. The molecule has 1 fully saturated rings. The van der Waals surface area contributed by atoms with Crippen LogP contribution in [0.3, 0.4) is 0 Å². The molecule has 23 heavy (non-hydrogen) atoms. The predicted octanol–water partition coefficient (Wildman–Crippen LogP) is 5.98. The Bertz CT molecular complexity index is 569. The average molecular weight is 334 g/mol. The van der Waals surface area contributed by atoms with Crippen LogP contribution in [0.15, 0.2) is 52.2 Å². The van der Waals surface area contributed by atoms with Gasteiger partial charge in [-0.2, -0.15) is 0 Å². The minimum atomic E-state index is -2.17. The van der Waals surface area contributed by atoms with E-state index < -0.39 is 9.73 Å². The minimum Gasteiger partial charge on any atom is -0.244 e. The van der Waals surface area contributed by atoms with Crippen LogP contribution >= 0.6 is 0 Å². The zero-order valence-electron chi connectivity index (χ0n) is 14.3. The van der Waals surface area contributed by atoms with E-state index in [0.717, 1.165) is 37.1 Å². The largest absolute Gasteiger partial charge is 0.244 e. The molecule has 0 aromatic heterocycles. The highest BCUT2D eigenvalue weighted by molar-refractivity contribution is 7.94. The molecule has 0 saturated heterocycles. The Morgan fingerprint density at radius 3 is 2.22 bits per heavy atom. The zero-order valence-corrected chi connectivity index (χ0v) is 15.1. The van der Waals surface area contributed by atoms with E-state index in [1.54, 1.807) is 0 Å². The molecule has 1 atom stereocenters. The third kappa shape index (κ3) is 6.14. The molecule has 1 unspecified atom stereocenters. The van der Waals surface area contributed by atoms with Gasteiger partial charge in [0.15, 0.2) is 0 Å². The Balaban J connectivity index is 1.69. The van der Waals surface area contributed by atoms with E-state index in [1.807, 2.05) is 36.4 Å². The number of hydrogen-bond donors (Lipinski definition) is 0. The van der Waals surface area contributed by atoms with Crippen LogP contribution in [0.5, 0.6) is 0 Å². The highest BCUT2D eigenvalue weighted by Crippen LogP contribution is 2.35. The van der Waals surface area contributed by atoms with Gasteiger partial charge in [-0.15, -0.1) is 6.58 Å². The summed E-state index contributed by atoms with van der Waals surface area (Å²) in [6, 6.07) is 9.88. The summed E-state index contributed by atoms with van der Waals surface area (Å²) < 4.78 is 17.9. The molecule has 1 aromatic carbocycles. The van der Waals surface area contributed by atoms with Gasteiger partial charge in [-0.3, -0.25) is 0 Å². The Kier molecular flexibility index (Phi) is 7.87. The molecule has 0 heterocycles. The van der Waals surface area contributed by atoms with E-state index in [1.165, 1.54) is 38.5 Å². The highest BCUT2D eigenvalue weighted by Gasteiger charge is 2.34. The zero-order chi connectivity index (χ0) is 16.4. The lowest BCUT2D eigenvalue weighted by molar-refractivity contribution is 0.584. The van der Waals surface area contributed by atoms with Crippen molar-refractivity contribution in [1.29, 1.82) is 0 Å². The van der Waals surface area contributed by atoms with Crippen molar-refractivity contribution in [2.24, 2.45) is 4.36 Å². The van der Waals surface area contributed by atoms with Crippen LogP contribution in [0.4, 0.5) is 0 Å². The van der Waals surface area contributed by atoms with Crippen molar-refractivity contribution in [2.45, 2.75) is 74.4 Å². The van der Waals surface area contributed by atoms with Gasteiger partial charge in [0.05, 0.1) is 9.73 Å². The molecule has 0 aliphatic heterocycles. The van der Waals surface area contributed by atoms with Crippen molar-refractivity contribution in [3.05, 3.63) is 43.0 Å². The summed E-state index contributed by atoms with van der Waals surface area (Å²) in [6.45, 7) is 4.50. The first kappa shape index (κ1) is 18.3. The SMILES string of the molecule is C=CCCCCCCCCCN=S(=O)(c1ccccc1)C1CC1. The Hall–Kier alpha value is -1.09. The monoisotopic (exact) mass is 333 g/mol. The second-order valence-corrected chi connectivity index (χ2v) is 9.02. The molecule has 3 heteroatoms. The van der Waals surface area contributed by atoms with Gasteiger partial charge in [0.2, 0.25) is 0 Å². The van der Waals surface area contributed by atoms with Gasteiger partial charge in [-0.25, -0.2) is 8.57 Å². The van der Waals surface area contributed by atoms with Crippen molar-refractivity contribution < 1.29 is 4.21 Å². The molecule has 0 spiro atoms. The van der Waals surface area contributed by atoms with Crippen LogP contribution in [0, 0.1) is 0 Å². The van der Waals surface area contributed by atoms with Crippen molar-refractivity contribution >= 4 is 9.73 Å². The number of hydrogen-bond acceptors (Lipinski definition) is 2. The van der Waals surface area contributed by atoms with E-state index in [-0.39, 0.29) is 0 Å². The number of allylic oxidation sites excluding steroid dienone is 1. The van der Waals surface area contributed by atoms with Crippen LogP contribution in [0.1, 0.15) is 64.2 Å². The van der Waals surface area contributed by atoms with E-state index in [2.05, 4.69) is 10.9 Å². The summed E-state index contributed by atoms with van der Waals surface area (Å²) >= 11 is 0. The lowest BCUT2D eigenvalue weighted by atomic mass is 10.1. The van der Waals surface area contributed by atoms with Gasteiger partial charge < -0.3 is 0 Å². The molecular weight excluding hydrogens is 302 g/mol. The Morgan fingerprint density at radius 1 is 1.00 bits per heavy atom. The van der Waals surface area contributed by atoms with Gasteiger partial charge in [-0.05, 0) is 44.2 Å². The fourth-order valence-electron chi connectivity index (χ4n) is 2.86. The van der Waals surface area contributed by atoms with Crippen LogP contribution in [0.2, 0.25) is 0 Å². The second-order valence-electron chi connectivity index (χ2n) is 6.49. The third-order valence-electron chi connectivity index (χ3n) is 4.41. The molecule has 1 aliphatic carbocycles. The fourth-order valence-corrected chi connectivity index (χ4v) is 5.33. The maximum absolute atomic E-state index is 13.2. The number of benzene rings is 1. The maximum Gasteiger partial charge on any atom is 0.0781 e. The number of nitrogens with zero attached hydrogens (tertiary/aromatic N) is 1. The molecule has 0 amide bonds. The standard InChI is InChI=1S/C20H31NOS/c1-2-3-4-5-6-7-8-9-13-18-21-23(22,20-16-17-20)19-14-11-10-12-15-19/h2,10-12,14-15,20H,1,3-9,13,16-18H2. The van der Waals surface area contributed by atoms with E-state index in [4.69, 9.17) is 0 Å². The topological polar surface area (TPSA) is 29.4 Å². The summed E-state index contributed by atoms with van der Waals surface area (Å²) in [6.07, 6.45) is 14.1. The van der Waals surface area contributed by atoms with E-state index >= 15 is 0 Å². The number of unbranched alkanes of at least 4 members (excludes halogenated alkanes) is 7. The second kappa shape index (κ2) is 9.92. The normalized spacial score (nSPS) is 16.7. The average Bonchev–Trinajstić information content (AvgIpc) is 3.42. The molecule has 2 nitrogen and oxygen atoms in total. The van der Waals surface area contributed by atoms with Crippen molar-refractivity contribution in [3.63, 3.8) is 0 Å². The molecule has 2 rings (SSSR count). The summed E-state index contributed by atoms with van der Waals surface area (Å²) in [5, 5.41) is 0.301. The first-order valence-corrected chi connectivity index (χ1v) is 10.7. The van der Waals surface area contributed by atoms with Crippen LogP contribution in [-0.4, -0.2) is 16.0 Å². The van der Waals surface area contributed by atoms with Gasteiger partial charge in [0.25, 0.3) is 0 Å². The summed E-state index contributed by atoms with van der Waals surface area (Å²) in [7, 11) is -2.17. The van der Waals surface area contributed by atoms with Gasteiger partial charge in [-0.1, -0.05) is 56.4 Å². The smallest absolute Gasteiger partial charge is 0.0781 e. The maximum atomic E-state index is 13.2. The molecule has 0 radical (unpaired) electrons. The molecule has 1 aromatic rings. The minimum absolute atomic E-state index is 0.301. The molecule has 1 saturated carbocycles. The first-order chi connectivity index (χ1) is 11.3. The van der Waals surface area contributed by atoms with Crippen LogP contribution in [-0.2, 0) is 9.73 Å². The van der Waals surface area contributed by atoms with Crippen molar-refractivity contribution in [1.82, 2.24) is 0 Å². The lowest BCUT2D eigenvalue weighted by Crippen LogP contribution is -2.08. The fraction of sp³-hybridized carbons (Fsp3) is 0.600. The first-order valence-electron chi connectivity index (χ1n) is 9.15. The predicted molar refractivity (Wildman–Crippen MR) is 100 cm³/mol. The number of rotatable bonds is 12. The molecule has 0 N–H and O–H groups in total. The van der Waals surface area contributed by atoms with E-state index in [9.17, 15) is 4.21 Å². The van der Waals surface area contributed by atoms with Crippen molar-refractivity contribution in [3.8, 4) is 0 Å². The molecule has 128 valence electrons. The Morgan fingerprint density at radius 2 is 1.61 bits per heavy atom. The lowest BCUT2D eigenvalue weighted by Gasteiger charge is -2.09. The highest BCUT2D eigenvalue weighted by atomic mass is 32.2. The van der Waals surface area contributed by atoms with Crippen LogP contribution < -0.4 is 0 Å².